The molecule has 0 atom stereocenters. The first-order valence-electron chi connectivity index (χ1n) is 10.5. The van der Waals surface area contributed by atoms with Crippen molar-refractivity contribution in [2.24, 2.45) is 0 Å². The van der Waals surface area contributed by atoms with Gasteiger partial charge in [0.05, 0.1) is 9.95 Å². The molecule has 34 heavy (non-hydrogen) atoms. The van der Waals surface area contributed by atoms with Gasteiger partial charge in [-0.05, 0) is 38.1 Å². The second-order valence-electron chi connectivity index (χ2n) is 7.41. The summed E-state index contributed by atoms with van der Waals surface area (Å²) in [6.45, 7) is 5.52. The Bertz CT molecular complexity index is 1180. The van der Waals surface area contributed by atoms with Crippen molar-refractivity contribution in [3.8, 4) is 0 Å². The largest absolute Gasteiger partial charge is 0.325 e. The summed E-state index contributed by atoms with van der Waals surface area (Å²) in [6.07, 6.45) is 0. The summed E-state index contributed by atoms with van der Waals surface area (Å²) in [5.74, 6) is 0. The van der Waals surface area contributed by atoms with E-state index in [0.717, 1.165) is 17.8 Å². The number of hydrogen-bond donors (Lipinski definition) is 0. The molecule has 1 aliphatic heterocycles. The quantitative estimate of drug-likeness (QED) is 0.364. The molecular formula is C21H24Cl2N4O5S2. The lowest BCUT2D eigenvalue weighted by Gasteiger charge is -2.36. The molecule has 0 aliphatic carbocycles. The molecule has 0 spiro atoms. The Morgan fingerprint density at radius 1 is 1.06 bits per heavy atom. The maximum Gasteiger partial charge on any atom is 0.320 e. The minimum absolute atomic E-state index is 0.0834. The lowest BCUT2D eigenvalue weighted by Crippen LogP contribution is -2.53. The summed E-state index contributed by atoms with van der Waals surface area (Å²) in [7, 11) is -4.09. The van der Waals surface area contributed by atoms with Crippen molar-refractivity contribution in [1.82, 2.24) is 14.1 Å². The molecule has 1 aliphatic rings. The van der Waals surface area contributed by atoms with Gasteiger partial charge in [-0.25, -0.2) is 13.2 Å². The van der Waals surface area contributed by atoms with Crippen LogP contribution in [0.1, 0.15) is 13.8 Å². The predicted molar refractivity (Wildman–Crippen MR) is 132 cm³/mol. The van der Waals surface area contributed by atoms with Gasteiger partial charge in [-0.3, -0.25) is 10.1 Å². The smallest absolute Gasteiger partial charge is 0.320 e. The maximum atomic E-state index is 13.6. The monoisotopic (exact) mass is 546 g/mol. The molecule has 1 heterocycles. The number of halogens is 2. The Morgan fingerprint density at radius 3 is 2.29 bits per heavy atom. The third-order valence-corrected chi connectivity index (χ3v) is 9.29. The van der Waals surface area contributed by atoms with Crippen LogP contribution in [0.2, 0.25) is 10.0 Å². The number of benzene rings is 2. The number of nitro groups is 1. The van der Waals surface area contributed by atoms with Gasteiger partial charge in [0.15, 0.2) is 0 Å². The van der Waals surface area contributed by atoms with Crippen LogP contribution in [-0.4, -0.2) is 72.7 Å². The number of hydrogen-bond acceptors (Lipinski definition) is 6. The van der Waals surface area contributed by atoms with Crippen molar-refractivity contribution in [3.05, 3.63) is 56.6 Å². The zero-order valence-corrected chi connectivity index (χ0v) is 21.8. The highest BCUT2D eigenvalue weighted by Gasteiger charge is 2.34. The van der Waals surface area contributed by atoms with E-state index in [1.807, 2.05) is 13.8 Å². The average Bonchev–Trinajstić information content (AvgIpc) is 2.82. The van der Waals surface area contributed by atoms with Crippen molar-refractivity contribution in [2.75, 3.05) is 39.3 Å². The van der Waals surface area contributed by atoms with Crippen molar-refractivity contribution >= 4 is 56.7 Å². The maximum absolute atomic E-state index is 13.6. The van der Waals surface area contributed by atoms with Gasteiger partial charge in [-0.15, -0.1) is 0 Å². The Balaban J connectivity index is 1.91. The molecule has 3 rings (SSSR count). The summed E-state index contributed by atoms with van der Waals surface area (Å²) < 4.78 is 28.4. The third-order valence-electron chi connectivity index (χ3n) is 5.41. The Morgan fingerprint density at radius 2 is 1.71 bits per heavy atom. The second-order valence-corrected chi connectivity index (χ2v) is 11.2. The highest BCUT2D eigenvalue weighted by molar-refractivity contribution is 8.00. The summed E-state index contributed by atoms with van der Waals surface area (Å²) in [4.78, 5) is 27.2. The molecule has 2 amide bonds. The van der Waals surface area contributed by atoms with Crippen LogP contribution in [0.25, 0.3) is 0 Å². The van der Waals surface area contributed by atoms with E-state index >= 15 is 0 Å². The van der Waals surface area contributed by atoms with Crippen molar-refractivity contribution in [1.29, 1.82) is 0 Å². The van der Waals surface area contributed by atoms with Gasteiger partial charge in [0.25, 0.3) is 5.69 Å². The number of non-ortho nitro benzene ring substituents is 1. The zero-order chi connectivity index (χ0) is 25.0. The third kappa shape index (κ3) is 5.77. The number of rotatable bonds is 7. The molecule has 0 N–H and O–H groups in total. The van der Waals surface area contributed by atoms with E-state index < -0.39 is 14.9 Å². The first-order chi connectivity index (χ1) is 16.1. The van der Waals surface area contributed by atoms with Gasteiger partial charge in [0.2, 0.25) is 10.0 Å². The number of sulfonamides is 1. The average molecular weight is 547 g/mol. The molecule has 0 aromatic heterocycles. The Kier molecular flexibility index (Phi) is 8.69. The van der Waals surface area contributed by atoms with Crippen molar-refractivity contribution in [2.45, 2.75) is 28.5 Å². The van der Waals surface area contributed by atoms with Gasteiger partial charge in [0, 0.05) is 66.2 Å². The first kappa shape index (κ1) is 26.6. The fourth-order valence-electron chi connectivity index (χ4n) is 3.52. The molecule has 1 saturated heterocycles. The summed E-state index contributed by atoms with van der Waals surface area (Å²) >= 11 is 13.4. The lowest BCUT2D eigenvalue weighted by molar-refractivity contribution is -0.385. The van der Waals surface area contributed by atoms with Crippen LogP contribution in [0.5, 0.6) is 0 Å². The Hall–Kier alpha value is -2.05. The predicted octanol–water partition coefficient (Wildman–Crippen LogP) is 4.82. The molecule has 0 bridgehead atoms. The summed E-state index contributed by atoms with van der Waals surface area (Å²) in [5.41, 5.74) is -0.338. The SMILES string of the molecule is CCN(CC)C(=O)N1CCN(S(=O)(=O)c2cc([N+](=O)[O-])ccc2Sc2cc(Cl)ccc2Cl)CC1. The van der Waals surface area contributed by atoms with E-state index in [9.17, 15) is 23.3 Å². The number of amides is 2. The van der Waals surface area contributed by atoms with E-state index in [4.69, 9.17) is 23.2 Å². The number of urea groups is 1. The van der Waals surface area contributed by atoms with E-state index in [0.29, 0.717) is 28.0 Å². The second kappa shape index (κ2) is 11.1. The van der Waals surface area contributed by atoms with Crippen LogP contribution in [-0.2, 0) is 10.0 Å². The van der Waals surface area contributed by atoms with Crippen LogP contribution >= 0.6 is 35.0 Å². The van der Waals surface area contributed by atoms with Crippen molar-refractivity contribution < 1.29 is 18.1 Å². The standard InChI is InChI=1S/C21H24Cl2N4O5S2/c1-3-24(4-2)21(28)25-9-11-26(12-10-25)34(31,32)20-14-16(27(29)30)6-8-18(20)33-19-13-15(22)5-7-17(19)23/h5-8,13-14H,3-4,9-12H2,1-2H3. The molecular weight excluding hydrogens is 523 g/mol. The molecule has 2 aromatic rings. The van der Waals surface area contributed by atoms with Crippen LogP contribution in [0.3, 0.4) is 0 Å². The lowest BCUT2D eigenvalue weighted by atomic mass is 10.3. The first-order valence-corrected chi connectivity index (χ1v) is 13.5. The van der Waals surface area contributed by atoms with E-state index in [-0.39, 0.29) is 47.7 Å². The highest BCUT2D eigenvalue weighted by Crippen LogP contribution is 2.40. The zero-order valence-electron chi connectivity index (χ0n) is 18.6. The molecule has 9 nitrogen and oxygen atoms in total. The van der Waals surface area contributed by atoms with Crippen molar-refractivity contribution in [3.63, 3.8) is 0 Å². The van der Waals surface area contributed by atoms with E-state index in [1.165, 1.54) is 16.4 Å². The van der Waals surface area contributed by atoms with Gasteiger partial charge in [0.1, 0.15) is 4.90 Å². The van der Waals surface area contributed by atoms with E-state index in [2.05, 4.69) is 0 Å². The van der Waals surface area contributed by atoms with Gasteiger partial charge in [-0.1, -0.05) is 35.0 Å². The summed E-state index contributed by atoms with van der Waals surface area (Å²) in [6, 6.07) is 8.38. The molecule has 2 aromatic carbocycles. The number of nitro benzene ring substituents is 1. The Labute approximate surface area is 212 Å². The molecule has 0 saturated carbocycles. The molecule has 13 heteroatoms. The number of carbonyl (C=O) groups excluding carboxylic acids is 1. The minimum Gasteiger partial charge on any atom is -0.325 e. The number of piperazine rings is 1. The van der Waals surface area contributed by atoms with E-state index in [1.54, 1.807) is 28.0 Å². The highest BCUT2D eigenvalue weighted by atomic mass is 35.5. The van der Waals surface area contributed by atoms with Crippen LogP contribution < -0.4 is 0 Å². The fourth-order valence-corrected chi connectivity index (χ4v) is 6.83. The number of nitrogens with zero attached hydrogens (tertiary/aromatic N) is 4. The normalized spacial score (nSPS) is 14.8. The summed E-state index contributed by atoms with van der Waals surface area (Å²) in [5, 5.41) is 12.2. The van der Waals surface area contributed by atoms with Gasteiger partial charge < -0.3 is 9.80 Å². The molecule has 0 unspecified atom stereocenters. The van der Waals surface area contributed by atoms with Gasteiger partial charge >= 0.3 is 6.03 Å². The fraction of sp³-hybridized carbons (Fsp3) is 0.381. The molecule has 0 radical (unpaired) electrons. The van der Waals surface area contributed by atoms with Crippen LogP contribution in [0.15, 0.2) is 51.1 Å². The van der Waals surface area contributed by atoms with Crippen LogP contribution in [0, 0.1) is 10.1 Å². The van der Waals surface area contributed by atoms with Crippen LogP contribution in [0.4, 0.5) is 10.5 Å². The molecule has 1 fully saturated rings. The molecule has 184 valence electrons. The topological polar surface area (TPSA) is 104 Å². The number of carbonyl (C=O) groups is 1. The van der Waals surface area contributed by atoms with Gasteiger partial charge in [-0.2, -0.15) is 4.31 Å². The minimum atomic E-state index is -4.09.